The molecule has 5 N–H and O–H groups in total. The van der Waals surface area contributed by atoms with Crippen LogP contribution in [-0.4, -0.2) is 78.3 Å². The number of nitrogens with one attached hydrogen (secondary N) is 5. The van der Waals surface area contributed by atoms with E-state index >= 15 is 0 Å². The maximum absolute atomic E-state index is 12.0. The lowest BCUT2D eigenvalue weighted by Crippen LogP contribution is -2.37. The highest BCUT2D eigenvalue weighted by molar-refractivity contribution is 8.00. The van der Waals surface area contributed by atoms with Crippen LogP contribution in [0.2, 0.25) is 0 Å². The van der Waals surface area contributed by atoms with Crippen LogP contribution in [0.25, 0.3) is 0 Å². The molecule has 200 valence electrons. The molecule has 0 aliphatic carbocycles. The monoisotopic (exact) mass is 512 g/mol. The van der Waals surface area contributed by atoms with E-state index in [0.29, 0.717) is 37.3 Å². The molecule has 10 nitrogen and oxygen atoms in total. The molecule has 3 aliphatic rings. The first-order valence-electron chi connectivity index (χ1n) is 13.4. The van der Waals surface area contributed by atoms with E-state index in [-0.39, 0.29) is 30.0 Å². The lowest BCUT2D eigenvalue weighted by atomic mass is 10.0. The number of esters is 1. The summed E-state index contributed by atoms with van der Waals surface area (Å²) in [4.78, 5) is 35.3. The van der Waals surface area contributed by atoms with E-state index in [9.17, 15) is 14.4 Å². The van der Waals surface area contributed by atoms with Crippen molar-refractivity contribution in [3.8, 4) is 0 Å². The second-order valence-electron chi connectivity index (χ2n) is 9.91. The Labute approximate surface area is 213 Å². The van der Waals surface area contributed by atoms with Crippen LogP contribution in [0.3, 0.4) is 0 Å². The van der Waals surface area contributed by atoms with Gasteiger partial charge in [-0.2, -0.15) is 17.3 Å². The second-order valence-corrected chi connectivity index (χ2v) is 11.2. The summed E-state index contributed by atoms with van der Waals surface area (Å²) >= 11 is 1.92. The number of rotatable bonds is 17. The number of amides is 3. The highest BCUT2D eigenvalue weighted by atomic mass is 32.2. The van der Waals surface area contributed by atoms with Gasteiger partial charge >= 0.3 is 12.0 Å². The van der Waals surface area contributed by atoms with Crippen LogP contribution < -0.4 is 26.9 Å². The van der Waals surface area contributed by atoms with Gasteiger partial charge in [-0.05, 0) is 51.9 Å². The molecule has 3 amide bonds. The maximum atomic E-state index is 12.0. The molecule has 0 aromatic carbocycles. The smallest absolute Gasteiger partial charge is 0.315 e. The van der Waals surface area contributed by atoms with Gasteiger partial charge in [-0.3, -0.25) is 9.59 Å². The number of ether oxygens (including phenoxy) is 1. The Morgan fingerprint density at radius 3 is 2.71 bits per heavy atom. The van der Waals surface area contributed by atoms with Crippen LogP contribution in [-0.2, 0) is 14.3 Å². The molecule has 0 bridgehead atoms. The molecule has 3 saturated heterocycles. The number of hydrogen-bond donors (Lipinski definition) is 5. The maximum Gasteiger partial charge on any atom is 0.315 e. The summed E-state index contributed by atoms with van der Waals surface area (Å²) in [6.45, 7) is 5.28. The molecular weight excluding hydrogens is 468 g/mol. The van der Waals surface area contributed by atoms with Crippen LogP contribution in [0, 0.1) is 0 Å². The highest BCUT2D eigenvalue weighted by Crippen LogP contribution is 2.33. The molecule has 0 aromatic rings. The molecule has 3 heterocycles. The standard InChI is InChI=1S/C24H44N6O4S/c1-18-16-30(29-28-18)14-8-2-4-12-22(32)34-15-9-3-7-13-25-21(31)11-6-5-10-20-23-19(17-35-20)26-24(33)27-23/h18-20,23,28-29H,2-17H2,1H3,(H,25,31)(H2,26,27,33)/t18?,19-,20+,23-/m0/s1. The van der Waals surface area contributed by atoms with Crippen molar-refractivity contribution in [3.05, 3.63) is 0 Å². The zero-order valence-electron chi connectivity index (χ0n) is 21.1. The minimum atomic E-state index is -0.106. The van der Waals surface area contributed by atoms with Gasteiger partial charge < -0.3 is 20.7 Å². The molecular formula is C24H44N6O4S. The van der Waals surface area contributed by atoms with Crippen molar-refractivity contribution in [2.45, 2.75) is 101 Å². The molecule has 0 aromatic heterocycles. The van der Waals surface area contributed by atoms with E-state index in [1.165, 1.54) is 0 Å². The third kappa shape index (κ3) is 10.5. The van der Waals surface area contributed by atoms with Crippen molar-refractivity contribution >= 4 is 29.7 Å². The first-order valence-corrected chi connectivity index (χ1v) is 14.4. The van der Waals surface area contributed by atoms with Crippen LogP contribution in [0.1, 0.15) is 77.6 Å². The summed E-state index contributed by atoms with van der Waals surface area (Å²) in [6.07, 6.45) is 9.59. The fraction of sp³-hybridized carbons (Fsp3) is 0.875. The van der Waals surface area contributed by atoms with E-state index in [0.717, 1.165) is 76.6 Å². The number of unbranched alkanes of at least 4 members (excludes halogenated alkanes) is 5. The van der Waals surface area contributed by atoms with Gasteiger partial charge in [0.15, 0.2) is 0 Å². The molecule has 3 aliphatic heterocycles. The molecule has 0 saturated carbocycles. The van der Waals surface area contributed by atoms with Crippen molar-refractivity contribution in [1.29, 1.82) is 0 Å². The zero-order valence-corrected chi connectivity index (χ0v) is 21.9. The van der Waals surface area contributed by atoms with Gasteiger partial charge in [0.2, 0.25) is 5.91 Å². The van der Waals surface area contributed by atoms with Crippen LogP contribution in [0.15, 0.2) is 0 Å². The van der Waals surface area contributed by atoms with Gasteiger partial charge in [0.25, 0.3) is 0 Å². The Hall–Kier alpha value is -1.56. The minimum absolute atomic E-state index is 0.0485. The largest absolute Gasteiger partial charge is 0.466 e. The predicted molar refractivity (Wildman–Crippen MR) is 138 cm³/mol. The lowest BCUT2D eigenvalue weighted by molar-refractivity contribution is -0.143. The molecule has 0 spiro atoms. The van der Waals surface area contributed by atoms with Gasteiger partial charge in [0.1, 0.15) is 0 Å². The number of nitrogens with zero attached hydrogens (tertiary/aromatic N) is 1. The molecule has 4 atom stereocenters. The number of hydrogen-bond acceptors (Lipinski definition) is 8. The van der Waals surface area contributed by atoms with E-state index in [1.807, 2.05) is 11.8 Å². The lowest BCUT2D eigenvalue weighted by Gasteiger charge is -2.16. The minimum Gasteiger partial charge on any atom is -0.466 e. The third-order valence-corrected chi connectivity index (χ3v) is 8.27. The topological polar surface area (TPSA) is 124 Å². The Morgan fingerprint density at radius 2 is 1.89 bits per heavy atom. The van der Waals surface area contributed by atoms with Crippen molar-refractivity contribution in [2.24, 2.45) is 0 Å². The van der Waals surface area contributed by atoms with Crippen molar-refractivity contribution in [2.75, 3.05) is 32.0 Å². The molecule has 1 unspecified atom stereocenters. The average molecular weight is 513 g/mol. The van der Waals surface area contributed by atoms with Gasteiger partial charge in [-0.25, -0.2) is 15.2 Å². The molecule has 3 fully saturated rings. The Balaban J connectivity index is 1.05. The quantitative estimate of drug-likeness (QED) is 0.114. The van der Waals surface area contributed by atoms with Crippen molar-refractivity contribution < 1.29 is 19.1 Å². The predicted octanol–water partition coefficient (Wildman–Crippen LogP) is 1.82. The van der Waals surface area contributed by atoms with Gasteiger partial charge in [-0.15, -0.1) is 0 Å². The first kappa shape index (κ1) is 28.0. The van der Waals surface area contributed by atoms with Gasteiger partial charge in [0, 0.05) is 49.5 Å². The Kier molecular flexibility index (Phi) is 12.4. The molecule has 11 heteroatoms. The van der Waals surface area contributed by atoms with E-state index in [2.05, 4.69) is 38.8 Å². The van der Waals surface area contributed by atoms with Crippen LogP contribution in [0.5, 0.6) is 0 Å². The number of hydrazine groups is 2. The van der Waals surface area contributed by atoms with E-state index in [1.54, 1.807) is 0 Å². The number of carbonyl (C=O) groups is 3. The molecule has 35 heavy (non-hydrogen) atoms. The van der Waals surface area contributed by atoms with Crippen molar-refractivity contribution in [1.82, 2.24) is 31.9 Å². The summed E-state index contributed by atoms with van der Waals surface area (Å²) < 4.78 is 5.32. The summed E-state index contributed by atoms with van der Waals surface area (Å²) in [7, 11) is 0. The average Bonchev–Trinajstić information content (AvgIpc) is 3.52. The molecule has 0 radical (unpaired) electrons. The van der Waals surface area contributed by atoms with E-state index < -0.39 is 0 Å². The summed E-state index contributed by atoms with van der Waals surface area (Å²) in [5.74, 6) is 0.976. The zero-order chi connectivity index (χ0) is 24.9. The number of fused-ring (bicyclic) bond motifs is 1. The van der Waals surface area contributed by atoms with Crippen molar-refractivity contribution in [3.63, 3.8) is 0 Å². The summed E-state index contributed by atoms with van der Waals surface area (Å²) in [6, 6.07) is 0.931. The number of urea groups is 1. The fourth-order valence-electron chi connectivity index (χ4n) is 4.77. The van der Waals surface area contributed by atoms with Gasteiger partial charge in [-0.1, -0.05) is 12.8 Å². The van der Waals surface area contributed by atoms with Gasteiger partial charge in [0.05, 0.1) is 18.7 Å². The second kappa shape index (κ2) is 15.5. The number of carbonyl (C=O) groups excluding carboxylic acids is 3. The van der Waals surface area contributed by atoms with E-state index in [4.69, 9.17) is 4.74 Å². The first-order chi connectivity index (χ1) is 17.0. The van der Waals surface area contributed by atoms with Crippen LogP contribution in [0.4, 0.5) is 4.79 Å². The SMILES string of the molecule is CC1CN(CCCCCC(=O)OCCCCCNC(=O)CCCC[C@H]2SC[C@@H]3NC(=O)N[C@@H]32)NN1. The fourth-order valence-corrected chi connectivity index (χ4v) is 6.32. The normalized spacial score (nSPS) is 25.8. The number of thioether (sulfide) groups is 1. The summed E-state index contributed by atoms with van der Waals surface area (Å²) in [5, 5.41) is 11.6. The highest BCUT2D eigenvalue weighted by Gasteiger charge is 2.42. The van der Waals surface area contributed by atoms with Crippen LogP contribution >= 0.6 is 11.8 Å². The third-order valence-electron chi connectivity index (χ3n) is 6.76. The summed E-state index contributed by atoms with van der Waals surface area (Å²) in [5.41, 5.74) is 6.31. The Morgan fingerprint density at radius 1 is 1.06 bits per heavy atom. The molecule has 3 rings (SSSR count). The Bertz CT molecular complexity index is 684.